The van der Waals surface area contributed by atoms with E-state index in [1.165, 1.54) is 0 Å². The molecule has 1 amide bonds. The second-order valence-electron chi connectivity index (χ2n) is 5.74. The number of nitrogen functional groups attached to an aromatic ring is 1. The van der Waals surface area contributed by atoms with Crippen LogP contribution in [0.1, 0.15) is 39.1 Å². The highest BCUT2D eigenvalue weighted by Gasteiger charge is 2.22. The van der Waals surface area contributed by atoms with Crippen molar-refractivity contribution in [1.29, 1.82) is 0 Å². The third-order valence-corrected chi connectivity index (χ3v) is 2.95. The summed E-state index contributed by atoms with van der Waals surface area (Å²) in [4.78, 5) is 20.5. The van der Waals surface area contributed by atoms with Crippen molar-refractivity contribution in [3.8, 4) is 0 Å². The molecule has 0 spiro atoms. The molecule has 1 aromatic heterocycles. The maximum Gasteiger partial charge on any atom is 0.241 e. The number of likely N-dealkylation sites (N-methyl/N-ethyl adjacent to an activating group) is 1. The summed E-state index contributed by atoms with van der Waals surface area (Å²) in [6.45, 7) is 9.67. The largest absolute Gasteiger partial charge is 0.358 e. The topological polar surface area (TPSA) is 105 Å². The molecule has 5 N–H and O–H groups in total. The SMILES string of the molecule is CNC(=O)C(C)Nc1nc(C(C)(C)C)nc(NN)c1C. The first kappa shape index (κ1) is 16.2. The van der Waals surface area contributed by atoms with Gasteiger partial charge in [-0.1, -0.05) is 20.8 Å². The zero-order valence-corrected chi connectivity index (χ0v) is 13.0. The maximum absolute atomic E-state index is 11.6. The van der Waals surface area contributed by atoms with Crippen molar-refractivity contribution in [1.82, 2.24) is 15.3 Å². The highest BCUT2D eigenvalue weighted by molar-refractivity contribution is 5.84. The van der Waals surface area contributed by atoms with Crippen LogP contribution in [0.5, 0.6) is 0 Å². The number of rotatable bonds is 4. The van der Waals surface area contributed by atoms with E-state index < -0.39 is 6.04 Å². The molecule has 1 heterocycles. The molecule has 0 saturated heterocycles. The Kier molecular flexibility index (Phi) is 4.88. The summed E-state index contributed by atoms with van der Waals surface area (Å²) in [5, 5.41) is 5.68. The number of nitrogens with one attached hydrogen (secondary N) is 3. The summed E-state index contributed by atoms with van der Waals surface area (Å²) in [5.74, 6) is 7.21. The second-order valence-corrected chi connectivity index (χ2v) is 5.74. The van der Waals surface area contributed by atoms with Gasteiger partial charge in [-0.2, -0.15) is 0 Å². The third kappa shape index (κ3) is 3.57. The molecule has 0 aliphatic rings. The Morgan fingerprint density at radius 2 is 1.80 bits per heavy atom. The maximum atomic E-state index is 11.6. The van der Waals surface area contributed by atoms with Crippen LogP contribution < -0.4 is 21.9 Å². The van der Waals surface area contributed by atoms with Gasteiger partial charge in [-0.15, -0.1) is 0 Å². The minimum atomic E-state index is -0.396. The van der Waals surface area contributed by atoms with Gasteiger partial charge < -0.3 is 16.1 Å². The first-order valence-corrected chi connectivity index (χ1v) is 6.54. The van der Waals surface area contributed by atoms with Crippen LogP contribution in [-0.4, -0.2) is 29.0 Å². The molecule has 1 unspecified atom stereocenters. The monoisotopic (exact) mass is 280 g/mol. The molecular formula is C13H24N6O. The standard InChI is InChI=1S/C13H24N6O/c1-7-9(16-8(2)11(20)15-6)17-12(13(3,4)5)18-10(7)19-14/h8H,14H2,1-6H3,(H,15,20)(H2,16,17,18,19). The number of hydrazine groups is 1. The van der Waals surface area contributed by atoms with Gasteiger partial charge in [-0.25, -0.2) is 15.8 Å². The van der Waals surface area contributed by atoms with Crippen LogP contribution in [0.25, 0.3) is 0 Å². The number of carbonyl (C=O) groups is 1. The van der Waals surface area contributed by atoms with E-state index in [0.29, 0.717) is 17.5 Å². The molecule has 0 radical (unpaired) electrons. The predicted molar refractivity (Wildman–Crippen MR) is 80.4 cm³/mol. The summed E-state index contributed by atoms with van der Waals surface area (Å²) in [5.41, 5.74) is 3.13. The summed E-state index contributed by atoms with van der Waals surface area (Å²) in [6.07, 6.45) is 0. The van der Waals surface area contributed by atoms with E-state index in [1.807, 2.05) is 27.7 Å². The molecule has 7 nitrogen and oxygen atoms in total. The number of hydrogen-bond acceptors (Lipinski definition) is 6. The number of nitrogens with zero attached hydrogens (tertiary/aromatic N) is 2. The quantitative estimate of drug-likeness (QED) is 0.483. The lowest BCUT2D eigenvalue weighted by atomic mass is 9.95. The van der Waals surface area contributed by atoms with Crippen molar-refractivity contribution in [2.45, 2.75) is 46.1 Å². The van der Waals surface area contributed by atoms with E-state index in [4.69, 9.17) is 5.84 Å². The lowest BCUT2D eigenvalue weighted by molar-refractivity contribution is -0.121. The van der Waals surface area contributed by atoms with Crippen LogP contribution in [0.4, 0.5) is 11.6 Å². The van der Waals surface area contributed by atoms with Gasteiger partial charge in [0.1, 0.15) is 23.5 Å². The molecule has 0 aliphatic carbocycles. The molecule has 0 aliphatic heterocycles. The Labute approximate surface area is 119 Å². The van der Waals surface area contributed by atoms with Crippen LogP contribution >= 0.6 is 0 Å². The first-order chi connectivity index (χ1) is 9.20. The zero-order valence-electron chi connectivity index (χ0n) is 13.0. The van der Waals surface area contributed by atoms with Gasteiger partial charge in [0.05, 0.1) is 0 Å². The zero-order chi connectivity index (χ0) is 15.5. The molecule has 0 fully saturated rings. The van der Waals surface area contributed by atoms with Gasteiger partial charge in [-0.3, -0.25) is 4.79 Å². The fourth-order valence-electron chi connectivity index (χ4n) is 1.62. The average Bonchev–Trinajstić information content (AvgIpc) is 2.38. The number of nitrogens with two attached hydrogens (primary N) is 1. The molecule has 0 saturated carbocycles. The van der Waals surface area contributed by atoms with Crippen molar-refractivity contribution in [3.63, 3.8) is 0 Å². The lowest BCUT2D eigenvalue weighted by Gasteiger charge is -2.22. The van der Waals surface area contributed by atoms with Crippen LogP contribution in [0.2, 0.25) is 0 Å². The minimum Gasteiger partial charge on any atom is -0.358 e. The van der Waals surface area contributed by atoms with E-state index in [1.54, 1.807) is 14.0 Å². The van der Waals surface area contributed by atoms with Crippen molar-refractivity contribution in [2.75, 3.05) is 17.8 Å². The van der Waals surface area contributed by atoms with Gasteiger partial charge in [0, 0.05) is 18.0 Å². The molecule has 1 rings (SSSR count). The highest BCUT2D eigenvalue weighted by Crippen LogP contribution is 2.26. The number of amides is 1. The fraction of sp³-hybridized carbons (Fsp3) is 0.615. The molecule has 112 valence electrons. The highest BCUT2D eigenvalue weighted by atomic mass is 16.2. The normalized spacial score (nSPS) is 12.8. The number of aromatic nitrogens is 2. The van der Waals surface area contributed by atoms with Crippen molar-refractivity contribution >= 4 is 17.5 Å². The molecule has 0 aromatic carbocycles. The molecule has 7 heteroatoms. The third-order valence-electron chi connectivity index (χ3n) is 2.95. The van der Waals surface area contributed by atoms with E-state index in [9.17, 15) is 4.79 Å². The van der Waals surface area contributed by atoms with Crippen LogP contribution in [0.3, 0.4) is 0 Å². The van der Waals surface area contributed by atoms with Crippen molar-refractivity contribution in [2.24, 2.45) is 5.84 Å². The first-order valence-electron chi connectivity index (χ1n) is 6.54. The van der Waals surface area contributed by atoms with Crippen molar-refractivity contribution < 1.29 is 4.79 Å². The van der Waals surface area contributed by atoms with E-state index >= 15 is 0 Å². The number of hydrogen-bond donors (Lipinski definition) is 4. The van der Waals surface area contributed by atoms with Crippen molar-refractivity contribution in [3.05, 3.63) is 11.4 Å². The molecule has 1 aromatic rings. The van der Waals surface area contributed by atoms with Gasteiger partial charge in [0.2, 0.25) is 5.91 Å². The van der Waals surface area contributed by atoms with Gasteiger partial charge >= 0.3 is 0 Å². The Bertz CT molecular complexity index is 494. The van der Waals surface area contributed by atoms with E-state index in [2.05, 4.69) is 26.0 Å². The van der Waals surface area contributed by atoms with Crippen LogP contribution in [-0.2, 0) is 10.2 Å². The summed E-state index contributed by atoms with van der Waals surface area (Å²) < 4.78 is 0. The molecule has 1 atom stereocenters. The Hall–Kier alpha value is -1.89. The van der Waals surface area contributed by atoms with E-state index in [-0.39, 0.29) is 11.3 Å². The molecule has 20 heavy (non-hydrogen) atoms. The fourth-order valence-corrected chi connectivity index (χ4v) is 1.62. The summed E-state index contributed by atoms with van der Waals surface area (Å²) in [6, 6.07) is -0.396. The van der Waals surface area contributed by atoms with Crippen LogP contribution in [0.15, 0.2) is 0 Å². The lowest BCUT2D eigenvalue weighted by Crippen LogP contribution is -2.36. The summed E-state index contributed by atoms with van der Waals surface area (Å²) >= 11 is 0. The average molecular weight is 280 g/mol. The second kappa shape index (κ2) is 6.04. The van der Waals surface area contributed by atoms with Gasteiger partial charge in [-0.05, 0) is 13.8 Å². The van der Waals surface area contributed by atoms with Crippen LogP contribution in [0, 0.1) is 6.92 Å². The minimum absolute atomic E-state index is 0.109. The molecule has 0 bridgehead atoms. The predicted octanol–water partition coefficient (Wildman–Crippen LogP) is 0.915. The Morgan fingerprint density at radius 3 is 2.25 bits per heavy atom. The van der Waals surface area contributed by atoms with Gasteiger partial charge in [0.15, 0.2) is 0 Å². The summed E-state index contributed by atoms with van der Waals surface area (Å²) in [7, 11) is 1.60. The number of carbonyl (C=O) groups excluding carboxylic acids is 1. The van der Waals surface area contributed by atoms with E-state index in [0.717, 1.165) is 5.56 Å². The Morgan fingerprint density at radius 1 is 1.25 bits per heavy atom. The van der Waals surface area contributed by atoms with Gasteiger partial charge in [0.25, 0.3) is 0 Å². The number of anilines is 2. The molecular weight excluding hydrogens is 256 g/mol. The Balaban J connectivity index is 3.21. The smallest absolute Gasteiger partial charge is 0.241 e.